The number of hydrogen-bond acceptors (Lipinski definition) is 4. The molecule has 0 unspecified atom stereocenters. The average molecular weight is 390 g/mol. The van der Waals surface area contributed by atoms with E-state index >= 15 is 0 Å². The van der Waals surface area contributed by atoms with Crippen LogP contribution in [-0.2, 0) is 0 Å². The Morgan fingerprint density at radius 3 is 2.18 bits per heavy atom. The summed E-state index contributed by atoms with van der Waals surface area (Å²) in [5, 5.41) is 11.9. The van der Waals surface area contributed by atoms with Crippen molar-refractivity contribution in [3.05, 3.63) is 107 Å². The maximum Gasteiger partial charge on any atom is 0.252 e. The SMILES string of the molecule is O=C(N[C@@H](c1ccccc1)c1nnc(-c2ccccc2)o1)c1ccc(Cl)cc1. The molecule has 0 fully saturated rings. The summed E-state index contributed by atoms with van der Waals surface area (Å²) in [5.74, 6) is 0.453. The lowest BCUT2D eigenvalue weighted by atomic mass is 10.1. The summed E-state index contributed by atoms with van der Waals surface area (Å²) >= 11 is 5.91. The molecular formula is C22H16ClN3O2. The van der Waals surface area contributed by atoms with Crippen molar-refractivity contribution in [2.24, 2.45) is 0 Å². The summed E-state index contributed by atoms with van der Waals surface area (Å²) in [6, 6.07) is 25.1. The quantitative estimate of drug-likeness (QED) is 0.526. The number of halogens is 1. The molecule has 0 aliphatic carbocycles. The van der Waals surface area contributed by atoms with Gasteiger partial charge in [0.15, 0.2) is 0 Å². The van der Waals surface area contributed by atoms with Crippen LogP contribution in [0, 0.1) is 0 Å². The predicted molar refractivity (Wildman–Crippen MR) is 107 cm³/mol. The molecule has 5 nitrogen and oxygen atoms in total. The average Bonchev–Trinajstić information content (AvgIpc) is 3.23. The number of nitrogens with one attached hydrogen (secondary N) is 1. The minimum Gasteiger partial charge on any atom is -0.418 e. The molecule has 4 rings (SSSR count). The molecule has 0 aliphatic rings. The van der Waals surface area contributed by atoms with Gasteiger partial charge in [-0.15, -0.1) is 10.2 Å². The molecule has 1 heterocycles. The van der Waals surface area contributed by atoms with Crippen LogP contribution >= 0.6 is 11.6 Å². The van der Waals surface area contributed by atoms with Crippen molar-refractivity contribution in [1.82, 2.24) is 15.5 Å². The Labute approximate surface area is 167 Å². The molecule has 1 N–H and O–H groups in total. The molecule has 0 spiro atoms. The second-order valence-corrected chi connectivity index (χ2v) is 6.57. The highest BCUT2D eigenvalue weighted by Crippen LogP contribution is 2.25. The zero-order valence-corrected chi connectivity index (χ0v) is 15.5. The number of hydrogen-bond donors (Lipinski definition) is 1. The molecule has 3 aromatic carbocycles. The highest BCUT2D eigenvalue weighted by Gasteiger charge is 2.24. The van der Waals surface area contributed by atoms with E-state index in [0.717, 1.165) is 11.1 Å². The van der Waals surface area contributed by atoms with Gasteiger partial charge in [0.25, 0.3) is 5.91 Å². The van der Waals surface area contributed by atoms with Crippen LogP contribution in [0.25, 0.3) is 11.5 Å². The molecule has 0 saturated carbocycles. The van der Waals surface area contributed by atoms with Crippen molar-refractivity contribution in [3.8, 4) is 11.5 Å². The summed E-state index contributed by atoms with van der Waals surface area (Å²) in [6.07, 6.45) is 0. The van der Waals surface area contributed by atoms with E-state index in [1.54, 1.807) is 24.3 Å². The van der Waals surface area contributed by atoms with Gasteiger partial charge in [-0.25, -0.2) is 0 Å². The van der Waals surface area contributed by atoms with Crippen molar-refractivity contribution >= 4 is 17.5 Å². The number of nitrogens with zero attached hydrogens (tertiary/aromatic N) is 2. The van der Waals surface area contributed by atoms with E-state index in [9.17, 15) is 4.79 Å². The topological polar surface area (TPSA) is 68.0 Å². The van der Waals surface area contributed by atoms with Gasteiger partial charge in [-0.3, -0.25) is 4.79 Å². The van der Waals surface area contributed by atoms with Gasteiger partial charge in [0, 0.05) is 16.1 Å². The van der Waals surface area contributed by atoms with Crippen molar-refractivity contribution in [2.75, 3.05) is 0 Å². The van der Waals surface area contributed by atoms with Crippen molar-refractivity contribution < 1.29 is 9.21 Å². The normalized spacial score (nSPS) is 11.8. The lowest BCUT2D eigenvalue weighted by molar-refractivity contribution is 0.0938. The molecule has 138 valence electrons. The maximum absolute atomic E-state index is 12.7. The minimum atomic E-state index is -0.575. The molecule has 1 atom stereocenters. The zero-order chi connectivity index (χ0) is 19.3. The first kappa shape index (κ1) is 17.9. The number of amides is 1. The van der Waals surface area contributed by atoms with Crippen molar-refractivity contribution in [1.29, 1.82) is 0 Å². The Morgan fingerprint density at radius 1 is 0.857 bits per heavy atom. The zero-order valence-electron chi connectivity index (χ0n) is 14.7. The smallest absolute Gasteiger partial charge is 0.252 e. The molecule has 4 aromatic rings. The highest BCUT2D eigenvalue weighted by atomic mass is 35.5. The highest BCUT2D eigenvalue weighted by molar-refractivity contribution is 6.30. The number of carbonyl (C=O) groups excluding carboxylic acids is 1. The van der Waals surface area contributed by atoms with Crippen molar-refractivity contribution in [3.63, 3.8) is 0 Å². The number of aromatic nitrogens is 2. The summed E-state index contributed by atoms with van der Waals surface area (Å²) in [5.41, 5.74) is 2.15. The van der Waals surface area contributed by atoms with Crippen LogP contribution in [0.5, 0.6) is 0 Å². The first-order valence-corrected chi connectivity index (χ1v) is 9.09. The second kappa shape index (κ2) is 8.06. The maximum atomic E-state index is 12.7. The first-order chi connectivity index (χ1) is 13.7. The molecular weight excluding hydrogens is 374 g/mol. The fourth-order valence-corrected chi connectivity index (χ4v) is 2.92. The van der Waals surface area contributed by atoms with Crippen LogP contribution in [0.4, 0.5) is 0 Å². The second-order valence-electron chi connectivity index (χ2n) is 6.14. The van der Waals surface area contributed by atoms with E-state index in [4.69, 9.17) is 16.0 Å². The van der Waals surface area contributed by atoms with E-state index in [1.807, 2.05) is 60.7 Å². The molecule has 1 amide bonds. The third-order valence-electron chi connectivity index (χ3n) is 4.22. The lowest BCUT2D eigenvalue weighted by Gasteiger charge is -2.15. The van der Waals surface area contributed by atoms with Gasteiger partial charge < -0.3 is 9.73 Å². The van der Waals surface area contributed by atoms with Gasteiger partial charge in [0.05, 0.1) is 0 Å². The number of carbonyl (C=O) groups is 1. The van der Waals surface area contributed by atoms with Gasteiger partial charge in [-0.1, -0.05) is 60.1 Å². The minimum absolute atomic E-state index is 0.259. The third-order valence-corrected chi connectivity index (χ3v) is 4.48. The van der Waals surface area contributed by atoms with Gasteiger partial charge >= 0.3 is 0 Å². The number of rotatable bonds is 5. The molecule has 1 aromatic heterocycles. The molecule has 0 bridgehead atoms. The predicted octanol–water partition coefficient (Wildman–Crippen LogP) is 4.91. The van der Waals surface area contributed by atoms with Crippen LogP contribution in [0.2, 0.25) is 5.02 Å². The summed E-state index contributed by atoms with van der Waals surface area (Å²) < 4.78 is 5.88. The van der Waals surface area contributed by atoms with E-state index in [-0.39, 0.29) is 5.91 Å². The summed E-state index contributed by atoms with van der Waals surface area (Å²) in [6.45, 7) is 0. The Kier molecular flexibility index (Phi) is 5.17. The van der Waals surface area contributed by atoms with E-state index in [0.29, 0.717) is 22.4 Å². The first-order valence-electron chi connectivity index (χ1n) is 8.71. The van der Waals surface area contributed by atoms with E-state index in [1.165, 1.54) is 0 Å². The van der Waals surface area contributed by atoms with Gasteiger partial charge in [0.2, 0.25) is 11.8 Å². The molecule has 28 heavy (non-hydrogen) atoms. The molecule has 0 aliphatic heterocycles. The van der Waals surface area contributed by atoms with E-state index < -0.39 is 6.04 Å². The molecule has 0 radical (unpaired) electrons. The third kappa shape index (κ3) is 3.94. The largest absolute Gasteiger partial charge is 0.418 e. The summed E-state index contributed by atoms with van der Waals surface area (Å²) in [7, 11) is 0. The lowest BCUT2D eigenvalue weighted by Crippen LogP contribution is -2.29. The van der Waals surface area contributed by atoms with Gasteiger partial charge in [-0.05, 0) is 42.0 Å². The van der Waals surface area contributed by atoms with Crippen LogP contribution < -0.4 is 5.32 Å². The fourth-order valence-electron chi connectivity index (χ4n) is 2.80. The molecule has 6 heteroatoms. The Bertz CT molecular complexity index is 1060. The van der Waals surface area contributed by atoms with Crippen LogP contribution in [0.3, 0.4) is 0 Å². The fraction of sp³-hybridized carbons (Fsp3) is 0.0455. The van der Waals surface area contributed by atoms with Gasteiger partial charge in [-0.2, -0.15) is 0 Å². The van der Waals surface area contributed by atoms with Crippen LogP contribution in [0.15, 0.2) is 89.3 Å². The molecule has 0 saturated heterocycles. The van der Waals surface area contributed by atoms with E-state index in [2.05, 4.69) is 15.5 Å². The monoisotopic (exact) mass is 389 g/mol. The van der Waals surface area contributed by atoms with Crippen molar-refractivity contribution in [2.45, 2.75) is 6.04 Å². The number of benzene rings is 3. The Balaban J connectivity index is 1.66. The van der Waals surface area contributed by atoms with Gasteiger partial charge in [0.1, 0.15) is 6.04 Å². The van der Waals surface area contributed by atoms with Crippen LogP contribution in [-0.4, -0.2) is 16.1 Å². The van der Waals surface area contributed by atoms with Crippen LogP contribution in [0.1, 0.15) is 27.9 Å². The Hall–Kier alpha value is -3.44. The summed E-state index contributed by atoms with van der Waals surface area (Å²) in [4.78, 5) is 12.7. The standard InChI is InChI=1S/C22H16ClN3O2/c23-18-13-11-16(12-14-18)20(27)24-19(15-7-3-1-4-8-15)22-26-25-21(28-22)17-9-5-2-6-10-17/h1-14,19H,(H,24,27)/t19-/m0/s1. The Morgan fingerprint density at radius 2 is 1.50 bits per heavy atom.